The van der Waals surface area contributed by atoms with Crippen LogP contribution in [0.4, 0.5) is 0 Å². The molecule has 1 heterocycles. The van der Waals surface area contributed by atoms with Gasteiger partial charge in [-0.15, -0.1) is 0 Å². The Bertz CT molecular complexity index is 191. The van der Waals surface area contributed by atoms with Crippen molar-refractivity contribution in [2.45, 2.75) is 39.1 Å². The van der Waals surface area contributed by atoms with Gasteiger partial charge in [0.2, 0.25) is 0 Å². The highest BCUT2D eigenvalue weighted by Crippen LogP contribution is 2.22. The molecule has 0 amide bonds. The van der Waals surface area contributed by atoms with E-state index in [2.05, 4.69) is 5.16 Å². The topological polar surface area (TPSA) is 62.0 Å². The van der Waals surface area contributed by atoms with Crippen molar-refractivity contribution in [3.8, 4) is 0 Å². The Morgan fingerprint density at radius 2 is 2.08 bits per heavy atom. The quantitative estimate of drug-likeness (QED) is 0.624. The fourth-order valence-corrected chi connectivity index (χ4v) is 1.19. The van der Waals surface area contributed by atoms with Gasteiger partial charge in [0.1, 0.15) is 6.10 Å². The van der Waals surface area contributed by atoms with Crippen molar-refractivity contribution in [3.63, 3.8) is 0 Å². The predicted molar refractivity (Wildman–Crippen MR) is 44.8 cm³/mol. The smallest absolute Gasteiger partial charge is 0.163 e. The van der Waals surface area contributed by atoms with Crippen molar-refractivity contribution in [2.24, 2.45) is 11.1 Å². The molecule has 0 radical (unpaired) electrons. The lowest BCUT2D eigenvalue weighted by Crippen LogP contribution is -2.39. The summed E-state index contributed by atoms with van der Waals surface area (Å²) in [7, 11) is 0. The van der Waals surface area contributed by atoms with E-state index in [0.717, 1.165) is 5.71 Å². The fourth-order valence-electron chi connectivity index (χ4n) is 1.19. The summed E-state index contributed by atoms with van der Waals surface area (Å²) in [4.78, 5) is 4.98. The number of aliphatic hydroxyl groups is 2. The molecule has 4 atom stereocenters. The standard InChI is InChI=1S/C8H15NO3/c1-4-5(2)9-12-8(4)7(11)6(3)10/h4,6-8,10-11H,1-3H3. The van der Waals surface area contributed by atoms with Gasteiger partial charge < -0.3 is 15.1 Å². The van der Waals surface area contributed by atoms with Gasteiger partial charge in [-0.2, -0.15) is 0 Å². The molecule has 2 N–H and O–H groups in total. The lowest BCUT2D eigenvalue weighted by Gasteiger charge is -2.22. The van der Waals surface area contributed by atoms with Crippen LogP contribution in [-0.2, 0) is 4.84 Å². The summed E-state index contributed by atoms with van der Waals surface area (Å²) in [5.41, 5.74) is 0.861. The van der Waals surface area contributed by atoms with Gasteiger partial charge in [-0.25, -0.2) is 0 Å². The minimum Gasteiger partial charge on any atom is -0.391 e. The van der Waals surface area contributed by atoms with E-state index in [9.17, 15) is 5.11 Å². The average molecular weight is 173 g/mol. The van der Waals surface area contributed by atoms with Crippen LogP contribution in [0.1, 0.15) is 20.8 Å². The van der Waals surface area contributed by atoms with Gasteiger partial charge in [0.25, 0.3) is 0 Å². The zero-order valence-electron chi connectivity index (χ0n) is 7.56. The molecule has 0 aliphatic carbocycles. The van der Waals surface area contributed by atoms with Crippen LogP contribution >= 0.6 is 0 Å². The molecule has 12 heavy (non-hydrogen) atoms. The maximum absolute atomic E-state index is 9.47. The van der Waals surface area contributed by atoms with Gasteiger partial charge in [-0.3, -0.25) is 0 Å². The van der Waals surface area contributed by atoms with E-state index in [4.69, 9.17) is 9.94 Å². The van der Waals surface area contributed by atoms with Crippen molar-refractivity contribution in [3.05, 3.63) is 0 Å². The van der Waals surface area contributed by atoms with E-state index >= 15 is 0 Å². The molecule has 0 bridgehead atoms. The van der Waals surface area contributed by atoms with E-state index in [1.807, 2.05) is 13.8 Å². The lowest BCUT2D eigenvalue weighted by atomic mass is 9.94. The Morgan fingerprint density at radius 1 is 1.50 bits per heavy atom. The van der Waals surface area contributed by atoms with E-state index < -0.39 is 18.3 Å². The molecule has 0 saturated heterocycles. The highest BCUT2D eigenvalue weighted by atomic mass is 16.7. The number of aliphatic hydroxyl groups excluding tert-OH is 2. The zero-order chi connectivity index (χ0) is 9.30. The normalized spacial score (nSPS) is 33.9. The maximum atomic E-state index is 9.47. The second kappa shape index (κ2) is 3.41. The van der Waals surface area contributed by atoms with Gasteiger partial charge >= 0.3 is 0 Å². The molecular weight excluding hydrogens is 158 g/mol. The van der Waals surface area contributed by atoms with Crippen LogP contribution in [0.15, 0.2) is 5.16 Å². The Morgan fingerprint density at radius 3 is 2.42 bits per heavy atom. The summed E-state index contributed by atoms with van der Waals surface area (Å²) in [5, 5.41) is 22.3. The van der Waals surface area contributed by atoms with Crippen LogP contribution in [0, 0.1) is 5.92 Å². The molecule has 0 spiro atoms. The largest absolute Gasteiger partial charge is 0.391 e. The molecular formula is C8H15NO3. The molecule has 1 aliphatic heterocycles. The summed E-state index contributed by atoms with van der Waals surface area (Å²) in [6.07, 6.45) is -2.04. The monoisotopic (exact) mass is 173 g/mol. The second-order valence-electron chi connectivity index (χ2n) is 3.32. The third kappa shape index (κ3) is 1.59. The van der Waals surface area contributed by atoms with E-state index in [1.165, 1.54) is 6.92 Å². The highest BCUT2D eigenvalue weighted by molar-refractivity contribution is 5.85. The summed E-state index contributed by atoms with van der Waals surface area (Å²) in [6.45, 7) is 5.30. The summed E-state index contributed by atoms with van der Waals surface area (Å²) >= 11 is 0. The van der Waals surface area contributed by atoms with Gasteiger partial charge in [0.15, 0.2) is 6.10 Å². The van der Waals surface area contributed by atoms with Crippen molar-refractivity contribution < 1.29 is 15.1 Å². The van der Waals surface area contributed by atoms with Crippen molar-refractivity contribution >= 4 is 5.71 Å². The minimum absolute atomic E-state index is 0.0783. The lowest BCUT2D eigenvalue weighted by molar-refractivity contribution is -0.0826. The van der Waals surface area contributed by atoms with E-state index in [0.29, 0.717) is 0 Å². The van der Waals surface area contributed by atoms with Gasteiger partial charge in [0.05, 0.1) is 11.8 Å². The van der Waals surface area contributed by atoms with Crippen LogP contribution in [0.5, 0.6) is 0 Å². The Kier molecular flexibility index (Phi) is 2.69. The van der Waals surface area contributed by atoms with Crippen LogP contribution < -0.4 is 0 Å². The zero-order valence-corrected chi connectivity index (χ0v) is 7.56. The predicted octanol–water partition coefficient (Wildman–Crippen LogP) is 0.139. The second-order valence-corrected chi connectivity index (χ2v) is 3.32. The van der Waals surface area contributed by atoms with Crippen LogP contribution in [-0.4, -0.2) is 34.2 Å². The van der Waals surface area contributed by atoms with Crippen LogP contribution in [0.3, 0.4) is 0 Å². The highest BCUT2D eigenvalue weighted by Gasteiger charge is 2.36. The van der Waals surface area contributed by atoms with Gasteiger partial charge in [0, 0.05) is 5.92 Å². The molecule has 0 fully saturated rings. The number of rotatable bonds is 2. The maximum Gasteiger partial charge on any atom is 0.163 e. The molecule has 0 aromatic rings. The molecule has 1 aliphatic rings. The molecule has 1 rings (SSSR count). The number of hydrogen-bond acceptors (Lipinski definition) is 4. The number of oxime groups is 1. The van der Waals surface area contributed by atoms with Crippen molar-refractivity contribution in [1.82, 2.24) is 0 Å². The molecule has 4 nitrogen and oxygen atoms in total. The molecule has 4 unspecified atom stereocenters. The Labute approximate surface area is 71.8 Å². The molecule has 0 aromatic carbocycles. The summed E-state index contributed by atoms with van der Waals surface area (Å²) in [5.74, 6) is 0.0783. The third-order valence-electron chi connectivity index (χ3n) is 2.30. The van der Waals surface area contributed by atoms with Crippen LogP contribution in [0.2, 0.25) is 0 Å². The molecule has 0 aromatic heterocycles. The minimum atomic E-state index is -0.860. The SMILES string of the molecule is CC1=NOC(C(O)C(C)O)C1C. The number of hydrogen-bond donors (Lipinski definition) is 2. The fraction of sp³-hybridized carbons (Fsp3) is 0.875. The van der Waals surface area contributed by atoms with Crippen molar-refractivity contribution in [1.29, 1.82) is 0 Å². The van der Waals surface area contributed by atoms with Gasteiger partial charge in [-0.1, -0.05) is 12.1 Å². The summed E-state index contributed by atoms with van der Waals surface area (Å²) in [6, 6.07) is 0. The van der Waals surface area contributed by atoms with Crippen molar-refractivity contribution in [2.75, 3.05) is 0 Å². The van der Waals surface area contributed by atoms with E-state index in [-0.39, 0.29) is 5.92 Å². The van der Waals surface area contributed by atoms with Gasteiger partial charge in [-0.05, 0) is 13.8 Å². The first-order valence-electron chi connectivity index (χ1n) is 4.10. The first-order chi connectivity index (χ1) is 5.54. The molecule has 70 valence electrons. The Balaban J connectivity index is 2.57. The first-order valence-corrected chi connectivity index (χ1v) is 4.10. The Hall–Kier alpha value is -0.610. The van der Waals surface area contributed by atoms with E-state index in [1.54, 1.807) is 0 Å². The third-order valence-corrected chi connectivity index (χ3v) is 2.30. The number of nitrogens with zero attached hydrogens (tertiary/aromatic N) is 1. The van der Waals surface area contributed by atoms with Crippen LogP contribution in [0.25, 0.3) is 0 Å². The summed E-state index contributed by atoms with van der Waals surface area (Å²) < 4.78 is 0. The molecule has 4 heteroatoms. The first kappa shape index (κ1) is 9.48. The molecule has 0 saturated carbocycles. The average Bonchev–Trinajstić information content (AvgIpc) is 2.32.